The van der Waals surface area contributed by atoms with Crippen LogP contribution in [0.25, 0.3) is 98.4 Å². The highest BCUT2D eigenvalue weighted by Crippen LogP contribution is 2.56. The maximum absolute atomic E-state index is 2.53. The second-order valence-corrected chi connectivity index (χ2v) is 23.2. The Balaban J connectivity index is 1.05. The van der Waals surface area contributed by atoms with Crippen LogP contribution >= 0.6 is 0 Å². The number of nitrogens with zero attached hydrogens (tertiary/aromatic N) is 2. The molecule has 2 aliphatic carbocycles. The molecule has 378 valence electrons. The van der Waals surface area contributed by atoms with E-state index < -0.39 is 0 Å². The first-order valence-corrected chi connectivity index (χ1v) is 28.2. The van der Waals surface area contributed by atoms with Gasteiger partial charge in [-0.3, -0.25) is 0 Å². The number of rotatable bonds is 8. The van der Waals surface area contributed by atoms with E-state index in [2.05, 4.69) is 304 Å². The normalized spacial score (nSPS) is 13.7. The lowest BCUT2D eigenvalue weighted by molar-refractivity contribution is 0.660. The van der Waals surface area contributed by atoms with E-state index in [0.717, 1.165) is 34.1 Å². The Labute approximate surface area is 467 Å². The van der Waals surface area contributed by atoms with Gasteiger partial charge in [0.15, 0.2) is 0 Å². The van der Waals surface area contributed by atoms with Crippen LogP contribution in [0.2, 0.25) is 0 Å². The molecule has 0 heterocycles. The fourth-order valence-electron chi connectivity index (χ4n) is 14.4. The minimum atomic E-state index is -0.182. The van der Waals surface area contributed by atoms with Gasteiger partial charge in [0.1, 0.15) is 0 Å². The molecule has 0 radical (unpaired) electrons. The lowest BCUT2D eigenvalue weighted by Crippen LogP contribution is -2.17. The van der Waals surface area contributed by atoms with Crippen LogP contribution in [0.5, 0.6) is 0 Å². The molecule has 2 aliphatic rings. The van der Waals surface area contributed by atoms with Crippen LogP contribution in [-0.2, 0) is 10.8 Å². The van der Waals surface area contributed by atoms with Crippen LogP contribution in [-0.4, -0.2) is 0 Å². The van der Waals surface area contributed by atoms with E-state index in [1.54, 1.807) is 0 Å². The average molecular weight is 1020 g/mol. The summed E-state index contributed by atoms with van der Waals surface area (Å²) in [6.07, 6.45) is 0. The third-order valence-corrected chi connectivity index (χ3v) is 18.2. The number of para-hydroxylation sites is 2. The molecule has 0 N–H and O–H groups in total. The molecule has 0 fully saturated rings. The summed E-state index contributed by atoms with van der Waals surface area (Å²) in [4.78, 5) is 5.07. The van der Waals surface area contributed by atoms with E-state index in [4.69, 9.17) is 0 Å². The number of anilines is 6. The maximum Gasteiger partial charge on any atom is 0.0546 e. The Morgan fingerprint density at radius 3 is 1.02 bits per heavy atom. The highest BCUT2D eigenvalue weighted by Gasteiger charge is 2.38. The molecule has 16 rings (SSSR count). The Hall–Kier alpha value is -9.76. The fourth-order valence-corrected chi connectivity index (χ4v) is 14.4. The molecule has 80 heavy (non-hydrogen) atoms. The van der Waals surface area contributed by atoms with E-state index >= 15 is 0 Å². The van der Waals surface area contributed by atoms with E-state index in [1.165, 1.54) is 121 Å². The summed E-state index contributed by atoms with van der Waals surface area (Å²) in [7, 11) is 0. The predicted octanol–water partition coefficient (Wildman–Crippen LogP) is 21.8. The Kier molecular flexibility index (Phi) is 10.1. The summed E-state index contributed by atoms with van der Waals surface area (Å²) in [5.74, 6) is 0. The van der Waals surface area contributed by atoms with Gasteiger partial charge in [-0.25, -0.2) is 0 Å². The lowest BCUT2D eigenvalue weighted by atomic mass is 9.82. The third-order valence-electron chi connectivity index (χ3n) is 18.2. The molecule has 14 aromatic rings. The third kappa shape index (κ3) is 6.72. The van der Waals surface area contributed by atoms with Gasteiger partial charge in [-0.1, -0.05) is 234 Å². The molecule has 0 spiro atoms. The molecule has 0 aliphatic heterocycles. The second kappa shape index (κ2) is 17.4. The topological polar surface area (TPSA) is 6.48 Å². The predicted molar refractivity (Wildman–Crippen MR) is 341 cm³/mol. The minimum absolute atomic E-state index is 0.182. The summed E-state index contributed by atoms with van der Waals surface area (Å²) in [5.41, 5.74) is 21.9. The lowest BCUT2D eigenvalue weighted by Gasteiger charge is -2.32. The standard InChI is InChI=1S/C78H56N2/c1-77(2)69-35-17-15-31-59(69)61-39-37-53(45-71(61)77)79(51-25-7-5-8-26-51)73-47-67(57-33-19-23-49-21-11-13-29-55(49)57)63-42-44-66-74(48-68(64-41-43-65(73)75(63)76(64)66)58-34-20-24-50-22-12-14-30-56(50)58)80(52-27-9-6-10-28-52)54-38-40-62-60-32-16-18-36-70(60)78(3,4)72(62)46-54/h5-48H,1-4H3. The van der Waals surface area contributed by atoms with Gasteiger partial charge in [-0.2, -0.15) is 0 Å². The van der Waals surface area contributed by atoms with Crippen LogP contribution in [0, 0.1) is 0 Å². The molecule has 0 atom stereocenters. The largest absolute Gasteiger partial charge is 0.310 e. The van der Waals surface area contributed by atoms with Gasteiger partial charge >= 0.3 is 0 Å². The zero-order chi connectivity index (χ0) is 53.4. The van der Waals surface area contributed by atoms with Gasteiger partial charge in [0.2, 0.25) is 0 Å². The van der Waals surface area contributed by atoms with Crippen molar-refractivity contribution in [3.63, 3.8) is 0 Å². The van der Waals surface area contributed by atoms with E-state index in [-0.39, 0.29) is 10.8 Å². The molecule has 0 aromatic heterocycles. The summed E-state index contributed by atoms with van der Waals surface area (Å²) >= 11 is 0. The fraction of sp³-hybridized carbons (Fsp3) is 0.0769. The van der Waals surface area contributed by atoms with Gasteiger partial charge < -0.3 is 9.80 Å². The quantitative estimate of drug-likeness (QED) is 0.140. The number of benzene rings is 14. The van der Waals surface area contributed by atoms with Gasteiger partial charge in [0.25, 0.3) is 0 Å². The molecule has 14 aromatic carbocycles. The Bertz CT molecular complexity index is 4520. The molecule has 0 unspecified atom stereocenters. The van der Waals surface area contributed by atoms with Crippen molar-refractivity contribution in [2.75, 3.05) is 9.80 Å². The summed E-state index contributed by atoms with van der Waals surface area (Å²) < 4.78 is 0. The van der Waals surface area contributed by atoms with Crippen molar-refractivity contribution < 1.29 is 0 Å². The smallest absolute Gasteiger partial charge is 0.0546 e. The van der Waals surface area contributed by atoms with Crippen molar-refractivity contribution in [1.29, 1.82) is 0 Å². The Morgan fingerprint density at radius 2 is 0.575 bits per heavy atom. The molecule has 2 nitrogen and oxygen atoms in total. The minimum Gasteiger partial charge on any atom is -0.310 e. The van der Waals surface area contributed by atoms with Gasteiger partial charge in [-0.15, -0.1) is 0 Å². The number of hydrogen-bond acceptors (Lipinski definition) is 2. The first-order valence-electron chi connectivity index (χ1n) is 28.2. The van der Waals surface area contributed by atoms with Crippen molar-refractivity contribution in [1.82, 2.24) is 0 Å². The van der Waals surface area contributed by atoms with Crippen LogP contribution in [0.4, 0.5) is 34.1 Å². The summed E-state index contributed by atoms with van der Waals surface area (Å²) in [6, 6.07) is 100. The molecular weight excluding hydrogens is 965 g/mol. The monoisotopic (exact) mass is 1020 g/mol. The number of hydrogen-bond donors (Lipinski definition) is 0. The second-order valence-electron chi connectivity index (χ2n) is 23.2. The zero-order valence-electron chi connectivity index (χ0n) is 45.3. The first kappa shape index (κ1) is 46.3. The molecule has 0 amide bonds. The summed E-state index contributed by atoms with van der Waals surface area (Å²) in [6.45, 7) is 9.54. The van der Waals surface area contributed by atoms with Gasteiger partial charge in [0.05, 0.1) is 11.4 Å². The highest BCUT2D eigenvalue weighted by atomic mass is 15.2. The molecular formula is C78H56N2. The van der Waals surface area contributed by atoms with Crippen LogP contribution < -0.4 is 9.80 Å². The maximum atomic E-state index is 2.53. The zero-order valence-corrected chi connectivity index (χ0v) is 45.3. The van der Waals surface area contributed by atoms with E-state index in [0.29, 0.717) is 0 Å². The van der Waals surface area contributed by atoms with E-state index in [9.17, 15) is 0 Å². The highest BCUT2D eigenvalue weighted by molar-refractivity contribution is 6.33. The average Bonchev–Trinajstić information content (AvgIpc) is 4.04. The van der Waals surface area contributed by atoms with Gasteiger partial charge in [-0.05, 0) is 160 Å². The van der Waals surface area contributed by atoms with Gasteiger partial charge in [0, 0.05) is 55.1 Å². The van der Waals surface area contributed by atoms with Crippen molar-refractivity contribution in [3.05, 3.63) is 289 Å². The van der Waals surface area contributed by atoms with E-state index in [1.807, 2.05) is 0 Å². The Morgan fingerprint density at radius 1 is 0.225 bits per heavy atom. The van der Waals surface area contributed by atoms with Crippen molar-refractivity contribution in [3.8, 4) is 44.5 Å². The van der Waals surface area contributed by atoms with Crippen molar-refractivity contribution in [2.24, 2.45) is 0 Å². The molecule has 2 heteroatoms. The molecule has 0 saturated carbocycles. The van der Waals surface area contributed by atoms with Crippen molar-refractivity contribution >= 4 is 88.0 Å². The first-order chi connectivity index (χ1) is 39.2. The SMILES string of the molecule is CC1(C)c2ccccc2-c2ccc(N(c3ccccc3)c3cc(-c4cccc5ccccc45)c4ccc5c(N(c6ccccc6)c6ccc7c(c6)C(C)(C)c6ccccc6-7)cc(-c6cccc7ccccc67)c6ccc3c4c65)cc21. The molecule has 0 saturated heterocycles. The van der Waals surface area contributed by atoms with Crippen LogP contribution in [0.3, 0.4) is 0 Å². The summed E-state index contributed by atoms with van der Waals surface area (Å²) in [5, 5.41) is 12.2. The molecule has 0 bridgehead atoms. The van der Waals surface area contributed by atoms with Crippen LogP contribution in [0.1, 0.15) is 49.9 Å². The van der Waals surface area contributed by atoms with Crippen molar-refractivity contribution in [2.45, 2.75) is 38.5 Å². The number of fused-ring (bicyclic) bond motifs is 8. The van der Waals surface area contributed by atoms with Crippen LogP contribution in [0.15, 0.2) is 267 Å².